The summed E-state index contributed by atoms with van der Waals surface area (Å²) in [4.78, 5) is 10.4. The summed E-state index contributed by atoms with van der Waals surface area (Å²) in [6.07, 6.45) is 0.913. The van der Waals surface area contributed by atoms with Gasteiger partial charge < -0.3 is 16.6 Å². The number of carbonyl (C=O) groups is 1. The highest BCUT2D eigenvalue weighted by Gasteiger charge is 2.16. The fourth-order valence-electron chi connectivity index (χ4n) is 0.651. The van der Waals surface area contributed by atoms with Crippen LogP contribution in [0.2, 0.25) is 0 Å². The maximum absolute atomic E-state index is 10.4. The van der Waals surface area contributed by atoms with E-state index in [9.17, 15) is 9.90 Å². The Morgan fingerprint density at radius 2 is 2.09 bits per heavy atom. The summed E-state index contributed by atoms with van der Waals surface area (Å²) in [7, 11) is 0. The first kappa shape index (κ1) is 10.4. The molecule has 0 aromatic heterocycles. The first-order valence-corrected chi connectivity index (χ1v) is 3.60. The van der Waals surface area contributed by atoms with E-state index in [-0.39, 0.29) is 0 Å². The highest BCUT2D eigenvalue weighted by atomic mass is 16.3. The standard InChI is InChI=1S/C7H16N2O2/c1-7(2,11)4-3-5(8)6(9)10/h5,11H,3-4,8H2,1-2H3,(H2,9,10). The number of aliphatic hydroxyl groups is 1. The molecule has 1 unspecified atom stereocenters. The first-order valence-electron chi connectivity index (χ1n) is 3.60. The number of primary amides is 1. The summed E-state index contributed by atoms with van der Waals surface area (Å²) in [6.45, 7) is 3.33. The normalized spacial score (nSPS) is 14.5. The molecule has 0 radical (unpaired) electrons. The van der Waals surface area contributed by atoms with E-state index in [1.807, 2.05) is 0 Å². The minimum absolute atomic E-state index is 0.429. The Balaban J connectivity index is 3.63. The van der Waals surface area contributed by atoms with Gasteiger partial charge in [0.2, 0.25) is 5.91 Å². The van der Waals surface area contributed by atoms with E-state index in [0.29, 0.717) is 12.8 Å². The predicted molar refractivity (Wildman–Crippen MR) is 42.7 cm³/mol. The van der Waals surface area contributed by atoms with Crippen LogP contribution >= 0.6 is 0 Å². The summed E-state index contributed by atoms with van der Waals surface area (Å²) in [5.41, 5.74) is 9.49. The van der Waals surface area contributed by atoms with Gasteiger partial charge in [0.05, 0.1) is 11.6 Å². The molecule has 66 valence electrons. The van der Waals surface area contributed by atoms with Crippen molar-refractivity contribution in [1.29, 1.82) is 0 Å². The predicted octanol–water partition coefficient (Wildman–Crippen LogP) is -0.650. The van der Waals surface area contributed by atoms with Crippen LogP contribution in [0.1, 0.15) is 26.7 Å². The quantitative estimate of drug-likeness (QED) is 0.510. The van der Waals surface area contributed by atoms with Gasteiger partial charge in [-0.25, -0.2) is 0 Å². The van der Waals surface area contributed by atoms with Gasteiger partial charge in [-0.2, -0.15) is 0 Å². The largest absolute Gasteiger partial charge is 0.390 e. The third-order valence-electron chi connectivity index (χ3n) is 1.43. The van der Waals surface area contributed by atoms with Crippen LogP contribution in [0.15, 0.2) is 0 Å². The van der Waals surface area contributed by atoms with Crippen LogP contribution in [-0.4, -0.2) is 22.7 Å². The molecule has 1 amide bonds. The van der Waals surface area contributed by atoms with Crippen LogP contribution in [-0.2, 0) is 4.79 Å². The second-order valence-electron chi connectivity index (χ2n) is 3.36. The lowest BCUT2D eigenvalue weighted by Crippen LogP contribution is -2.37. The molecule has 1 atom stereocenters. The van der Waals surface area contributed by atoms with Gasteiger partial charge in [-0.05, 0) is 26.7 Å². The monoisotopic (exact) mass is 160 g/mol. The third kappa shape index (κ3) is 5.82. The minimum atomic E-state index is -0.771. The maximum atomic E-state index is 10.4. The topological polar surface area (TPSA) is 89.3 Å². The summed E-state index contributed by atoms with van der Waals surface area (Å²) in [6, 6.07) is -0.638. The average molecular weight is 160 g/mol. The Morgan fingerprint density at radius 3 is 2.36 bits per heavy atom. The van der Waals surface area contributed by atoms with E-state index >= 15 is 0 Å². The molecule has 0 heterocycles. The first-order chi connectivity index (χ1) is 4.83. The Kier molecular flexibility index (Phi) is 3.48. The van der Waals surface area contributed by atoms with Gasteiger partial charge in [-0.15, -0.1) is 0 Å². The molecule has 0 spiro atoms. The van der Waals surface area contributed by atoms with Crippen molar-refractivity contribution in [1.82, 2.24) is 0 Å². The zero-order valence-corrected chi connectivity index (χ0v) is 7.00. The van der Waals surface area contributed by atoms with Crippen molar-refractivity contribution in [2.24, 2.45) is 11.5 Å². The van der Waals surface area contributed by atoms with Gasteiger partial charge in [0.1, 0.15) is 0 Å². The molecule has 0 rings (SSSR count). The fourth-order valence-corrected chi connectivity index (χ4v) is 0.651. The summed E-state index contributed by atoms with van der Waals surface area (Å²) < 4.78 is 0. The molecule has 11 heavy (non-hydrogen) atoms. The van der Waals surface area contributed by atoms with Crippen molar-refractivity contribution in [2.75, 3.05) is 0 Å². The smallest absolute Gasteiger partial charge is 0.234 e. The summed E-state index contributed by atoms with van der Waals surface area (Å²) in [5, 5.41) is 9.24. The van der Waals surface area contributed by atoms with Gasteiger partial charge >= 0.3 is 0 Å². The number of rotatable bonds is 4. The van der Waals surface area contributed by atoms with Crippen molar-refractivity contribution in [3.05, 3.63) is 0 Å². The molecule has 0 aliphatic carbocycles. The zero-order chi connectivity index (χ0) is 9.07. The molecular weight excluding hydrogens is 144 g/mol. The molecule has 0 aromatic carbocycles. The van der Waals surface area contributed by atoms with Crippen molar-refractivity contribution >= 4 is 5.91 Å². The molecule has 0 saturated carbocycles. The third-order valence-corrected chi connectivity index (χ3v) is 1.43. The summed E-state index contributed by atoms with van der Waals surface area (Å²) >= 11 is 0. The molecule has 0 aliphatic rings. The van der Waals surface area contributed by atoms with Gasteiger partial charge in [-0.1, -0.05) is 0 Å². The average Bonchev–Trinajstić information content (AvgIpc) is 1.80. The van der Waals surface area contributed by atoms with Gasteiger partial charge in [0, 0.05) is 0 Å². The number of hydrogen-bond donors (Lipinski definition) is 3. The molecule has 0 bridgehead atoms. The molecule has 4 nitrogen and oxygen atoms in total. The van der Waals surface area contributed by atoms with Crippen LogP contribution in [0.5, 0.6) is 0 Å². The van der Waals surface area contributed by atoms with Crippen LogP contribution in [0.4, 0.5) is 0 Å². The zero-order valence-electron chi connectivity index (χ0n) is 7.00. The van der Waals surface area contributed by atoms with Crippen molar-refractivity contribution in [3.8, 4) is 0 Å². The number of carbonyl (C=O) groups excluding carboxylic acids is 1. The molecule has 0 fully saturated rings. The van der Waals surface area contributed by atoms with Crippen LogP contribution in [0.3, 0.4) is 0 Å². The van der Waals surface area contributed by atoms with Gasteiger partial charge in [0.15, 0.2) is 0 Å². The van der Waals surface area contributed by atoms with Crippen molar-refractivity contribution in [2.45, 2.75) is 38.3 Å². The molecule has 5 N–H and O–H groups in total. The van der Waals surface area contributed by atoms with Gasteiger partial charge in [0.25, 0.3) is 0 Å². The Bertz CT molecular complexity index is 140. The molecule has 0 aliphatic heterocycles. The van der Waals surface area contributed by atoms with E-state index in [2.05, 4.69) is 0 Å². The Hall–Kier alpha value is -0.610. The van der Waals surface area contributed by atoms with Gasteiger partial charge in [-0.3, -0.25) is 4.79 Å². The van der Waals surface area contributed by atoms with E-state index in [4.69, 9.17) is 11.5 Å². The molecule has 0 aromatic rings. The maximum Gasteiger partial charge on any atom is 0.234 e. The number of hydrogen-bond acceptors (Lipinski definition) is 3. The van der Waals surface area contributed by atoms with E-state index in [0.717, 1.165) is 0 Å². The fraction of sp³-hybridized carbons (Fsp3) is 0.857. The Labute approximate surface area is 66.6 Å². The highest BCUT2D eigenvalue weighted by molar-refractivity contribution is 5.79. The molecule has 4 heteroatoms. The second-order valence-corrected chi connectivity index (χ2v) is 3.36. The Morgan fingerprint density at radius 1 is 1.64 bits per heavy atom. The summed E-state index contributed by atoms with van der Waals surface area (Å²) in [5.74, 6) is -0.519. The molecular formula is C7H16N2O2. The van der Waals surface area contributed by atoms with Crippen LogP contribution in [0, 0.1) is 0 Å². The SMILES string of the molecule is CC(C)(O)CCC(N)C(N)=O. The van der Waals surface area contributed by atoms with E-state index < -0.39 is 17.6 Å². The van der Waals surface area contributed by atoms with Crippen molar-refractivity contribution in [3.63, 3.8) is 0 Å². The number of nitrogens with two attached hydrogens (primary N) is 2. The van der Waals surface area contributed by atoms with Crippen molar-refractivity contribution < 1.29 is 9.90 Å². The molecule has 0 saturated heterocycles. The lowest BCUT2D eigenvalue weighted by atomic mass is 9.99. The lowest BCUT2D eigenvalue weighted by Gasteiger charge is -2.18. The number of amides is 1. The highest BCUT2D eigenvalue weighted by Crippen LogP contribution is 2.10. The second kappa shape index (κ2) is 3.69. The van der Waals surface area contributed by atoms with Crippen LogP contribution in [0.25, 0.3) is 0 Å². The minimum Gasteiger partial charge on any atom is -0.390 e. The van der Waals surface area contributed by atoms with E-state index in [1.165, 1.54) is 0 Å². The lowest BCUT2D eigenvalue weighted by molar-refractivity contribution is -0.119. The van der Waals surface area contributed by atoms with Crippen LogP contribution < -0.4 is 11.5 Å². The van der Waals surface area contributed by atoms with E-state index in [1.54, 1.807) is 13.8 Å².